The van der Waals surface area contributed by atoms with Crippen LogP contribution < -0.4 is 4.90 Å². The van der Waals surface area contributed by atoms with Crippen molar-refractivity contribution in [3.05, 3.63) is 5.89 Å². The lowest BCUT2D eigenvalue weighted by Crippen LogP contribution is -2.21. The standard InChI is InChI=1S/C8H11N3O2/c1-11(2)8-10-9-7(13-8)5-3-6(12)4-5/h5H,3-4H2,1-2H3. The molecule has 1 aliphatic carbocycles. The van der Waals surface area contributed by atoms with Crippen LogP contribution in [0.4, 0.5) is 6.01 Å². The molecular weight excluding hydrogens is 170 g/mol. The molecule has 5 heteroatoms. The Balaban J connectivity index is 2.10. The zero-order valence-corrected chi connectivity index (χ0v) is 7.65. The Kier molecular flexibility index (Phi) is 1.79. The zero-order valence-electron chi connectivity index (χ0n) is 7.65. The highest BCUT2D eigenvalue weighted by atomic mass is 16.4. The van der Waals surface area contributed by atoms with E-state index in [1.807, 2.05) is 14.1 Å². The summed E-state index contributed by atoms with van der Waals surface area (Å²) in [5.74, 6) is 1.02. The number of hydrogen-bond acceptors (Lipinski definition) is 5. The summed E-state index contributed by atoms with van der Waals surface area (Å²) in [6.07, 6.45) is 1.10. The minimum absolute atomic E-state index is 0.161. The van der Waals surface area contributed by atoms with E-state index >= 15 is 0 Å². The fraction of sp³-hybridized carbons (Fsp3) is 0.625. The normalized spacial score (nSPS) is 17.2. The fourth-order valence-corrected chi connectivity index (χ4v) is 1.24. The molecule has 1 aromatic heterocycles. The summed E-state index contributed by atoms with van der Waals surface area (Å²) in [6.45, 7) is 0. The molecular formula is C8H11N3O2. The third-order valence-corrected chi connectivity index (χ3v) is 2.11. The van der Waals surface area contributed by atoms with Crippen LogP contribution in [0.1, 0.15) is 24.7 Å². The number of nitrogens with zero attached hydrogens (tertiary/aromatic N) is 3. The maximum Gasteiger partial charge on any atom is 0.317 e. The average molecular weight is 181 g/mol. The van der Waals surface area contributed by atoms with Crippen molar-refractivity contribution in [2.75, 3.05) is 19.0 Å². The Morgan fingerprint density at radius 3 is 2.54 bits per heavy atom. The van der Waals surface area contributed by atoms with Gasteiger partial charge in [0.25, 0.3) is 0 Å². The first kappa shape index (κ1) is 8.22. The maximum absolute atomic E-state index is 10.7. The Hall–Kier alpha value is -1.39. The molecule has 1 heterocycles. The smallest absolute Gasteiger partial charge is 0.317 e. The van der Waals surface area contributed by atoms with Crippen molar-refractivity contribution in [2.24, 2.45) is 0 Å². The molecule has 0 amide bonds. The van der Waals surface area contributed by atoms with E-state index in [2.05, 4.69) is 10.2 Å². The lowest BCUT2D eigenvalue weighted by Gasteiger charge is -2.19. The average Bonchev–Trinajstić information content (AvgIpc) is 2.46. The lowest BCUT2D eigenvalue weighted by molar-refractivity contribution is -0.125. The Labute approximate surface area is 75.7 Å². The molecule has 0 spiro atoms. The van der Waals surface area contributed by atoms with Gasteiger partial charge in [0.05, 0.1) is 5.92 Å². The van der Waals surface area contributed by atoms with Gasteiger partial charge in [0.1, 0.15) is 5.78 Å². The zero-order chi connectivity index (χ0) is 9.42. The van der Waals surface area contributed by atoms with E-state index in [1.165, 1.54) is 0 Å². The number of Topliss-reactive ketones (excluding diaryl/α,β-unsaturated/α-hetero) is 1. The van der Waals surface area contributed by atoms with Gasteiger partial charge in [0.15, 0.2) is 0 Å². The van der Waals surface area contributed by atoms with Gasteiger partial charge in [-0.25, -0.2) is 0 Å². The lowest BCUT2D eigenvalue weighted by atomic mass is 9.84. The van der Waals surface area contributed by atoms with E-state index in [0.29, 0.717) is 24.7 Å². The van der Waals surface area contributed by atoms with Gasteiger partial charge < -0.3 is 9.32 Å². The Morgan fingerprint density at radius 2 is 2.08 bits per heavy atom. The summed E-state index contributed by atoms with van der Waals surface area (Å²) in [7, 11) is 3.67. The van der Waals surface area contributed by atoms with Crippen molar-refractivity contribution in [3.8, 4) is 0 Å². The van der Waals surface area contributed by atoms with Crippen molar-refractivity contribution in [2.45, 2.75) is 18.8 Å². The first-order chi connectivity index (χ1) is 6.16. The predicted molar refractivity (Wildman–Crippen MR) is 45.6 cm³/mol. The number of aromatic nitrogens is 2. The first-order valence-electron chi connectivity index (χ1n) is 4.19. The van der Waals surface area contributed by atoms with Crippen molar-refractivity contribution < 1.29 is 9.21 Å². The molecule has 0 bridgehead atoms. The molecule has 1 aliphatic rings. The maximum atomic E-state index is 10.7. The van der Waals surface area contributed by atoms with Crippen molar-refractivity contribution >= 4 is 11.8 Å². The highest BCUT2D eigenvalue weighted by molar-refractivity contribution is 5.86. The van der Waals surface area contributed by atoms with Crippen LogP contribution in [-0.2, 0) is 4.79 Å². The van der Waals surface area contributed by atoms with Crippen LogP contribution in [0, 0.1) is 0 Å². The van der Waals surface area contributed by atoms with Gasteiger partial charge in [0, 0.05) is 26.9 Å². The third kappa shape index (κ3) is 1.41. The van der Waals surface area contributed by atoms with E-state index in [1.54, 1.807) is 4.90 Å². The molecule has 0 unspecified atom stereocenters. The van der Waals surface area contributed by atoms with E-state index in [0.717, 1.165) is 0 Å². The van der Waals surface area contributed by atoms with Gasteiger partial charge in [-0.1, -0.05) is 5.10 Å². The molecule has 0 N–H and O–H groups in total. The molecule has 0 aromatic carbocycles. The second kappa shape index (κ2) is 2.83. The monoisotopic (exact) mass is 181 g/mol. The summed E-state index contributed by atoms with van der Waals surface area (Å²) in [5.41, 5.74) is 0. The molecule has 0 aliphatic heterocycles. The van der Waals surface area contributed by atoms with Crippen molar-refractivity contribution in [1.82, 2.24) is 10.2 Å². The fourth-order valence-electron chi connectivity index (χ4n) is 1.24. The Bertz CT molecular complexity index is 324. The first-order valence-corrected chi connectivity index (χ1v) is 4.19. The number of carbonyl (C=O) groups excluding carboxylic acids is 1. The molecule has 0 radical (unpaired) electrons. The predicted octanol–water partition coefficient (Wildman–Crippen LogP) is 0.582. The van der Waals surface area contributed by atoms with Crippen LogP contribution >= 0.6 is 0 Å². The van der Waals surface area contributed by atoms with Gasteiger partial charge in [0.2, 0.25) is 5.89 Å². The van der Waals surface area contributed by atoms with E-state index in [4.69, 9.17) is 4.42 Å². The van der Waals surface area contributed by atoms with Crippen LogP contribution in [0.3, 0.4) is 0 Å². The molecule has 2 rings (SSSR count). The van der Waals surface area contributed by atoms with E-state index in [9.17, 15) is 4.79 Å². The SMILES string of the molecule is CN(C)c1nnc(C2CC(=O)C2)o1. The number of hydrogen-bond donors (Lipinski definition) is 0. The van der Waals surface area contributed by atoms with Gasteiger partial charge in [-0.15, -0.1) is 5.10 Å². The minimum Gasteiger partial charge on any atom is -0.408 e. The highest BCUT2D eigenvalue weighted by Gasteiger charge is 2.32. The molecule has 1 aromatic rings. The van der Waals surface area contributed by atoms with Crippen LogP contribution in [0.15, 0.2) is 4.42 Å². The number of rotatable bonds is 2. The molecule has 0 saturated heterocycles. The van der Waals surface area contributed by atoms with Crippen molar-refractivity contribution in [3.63, 3.8) is 0 Å². The largest absolute Gasteiger partial charge is 0.408 e. The highest BCUT2D eigenvalue weighted by Crippen LogP contribution is 2.33. The second-order valence-electron chi connectivity index (χ2n) is 3.46. The van der Waals surface area contributed by atoms with Crippen LogP contribution in [0.5, 0.6) is 0 Å². The number of carbonyl (C=O) groups is 1. The molecule has 13 heavy (non-hydrogen) atoms. The van der Waals surface area contributed by atoms with Crippen LogP contribution in [-0.4, -0.2) is 30.1 Å². The van der Waals surface area contributed by atoms with Crippen LogP contribution in [0.25, 0.3) is 0 Å². The second-order valence-corrected chi connectivity index (χ2v) is 3.46. The third-order valence-electron chi connectivity index (χ3n) is 2.11. The summed E-state index contributed by atoms with van der Waals surface area (Å²) >= 11 is 0. The van der Waals surface area contributed by atoms with Crippen molar-refractivity contribution in [1.29, 1.82) is 0 Å². The summed E-state index contributed by atoms with van der Waals surface area (Å²) in [5, 5.41) is 7.72. The van der Waals surface area contributed by atoms with E-state index < -0.39 is 0 Å². The van der Waals surface area contributed by atoms with Gasteiger partial charge in [-0.2, -0.15) is 0 Å². The topological polar surface area (TPSA) is 59.2 Å². The van der Waals surface area contributed by atoms with Gasteiger partial charge in [-0.3, -0.25) is 4.79 Å². The summed E-state index contributed by atoms with van der Waals surface area (Å²) < 4.78 is 5.35. The Morgan fingerprint density at radius 1 is 1.38 bits per heavy atom. The van der Waals surface area contributed by atoms with Crippen LogP contribution in [0.2, 0.25) is 0 Å². The molecule has 1 fully saturated rings. The summed E-state index contributed by atoms with van der Waals surface area (Å²) in [4.78, 5) is 12.5. The number of ketones is 1. The molecule has 70 valence electrons. The van der Waals surface area contributed by atoms with Gasteiger partial charge in [-0.05, 0) is 0 Å². The quantitative estimate of drug-likeness (QED) is 0.668. The minimum atomic E-state index is 0.161. The van der Waals surface area contributed by atoms with Gasteiger partial charge >= 0.3 is 6.01 Å². The molecule has 0 atom stereocenters. The number of anilines is 1. The van der Waals surface area contributed by atoms with E-state index in [-0.39, 0.29) is 11.7 Å². The molecule has 5 nitrogen and oxygen atoms in total. The molecule has 1 saturated carbocycles. The summed E-state index contributed by atoms with van der Waals surface area (Å²) in [6, 6.07) is 0.495.